The number of anilines is 1. The third-order valence-corrected chi connectivity index (χ3v) is 5.82. The second-order valence-corrected chi connectivity index (χ2v) is 7.30. The molecule has 0 amide bonds. The molecule has 0 spiro atoms. The van der Waals surface area contributed by atoms with Gasteiger partial charge in [0.1, 0.15) is 17.5 Å². The van der Waals surface area contributed by atoms with E-state index in [1.807, 2.05) is 6.07 Å². The van der Waals surface area contributed by atoms with Crippen LogP contribution in [0.3, 0.4) is 0 Å². The highest BCUT2D eigenvalue weighted by Crippen LogP contribution is 2.34. The van der Waals surface area contributed by atoms with Crippen LogP contribution in [0.2, 0.25) is 0 Å². The topological polar surface area (TPSA) is 28.2 Å². The van der Waals surface area contributed by atoms with E-state index in [4.69, 9.17) is 0 Å². The van der Waals surface area contributed by atoms with Crippen LogP contribution in [0.1, 0.15) is 25.3 Å². The summed E-state index contributed by atoms with van der Waals surface area (Å²) in [6, 6.07) is 7.02. The molecule has 1 N–H and O–H groups in total. The van der Waals surface area contributed by atoms with Gasteiger partial charge in [0.05, 0.1) is 0 Å². The van der Waals surface area contributed by atoms with Crippen LogP contribution in [0, 0.1) is 24.5 Å². The van der Waals surface area contributed by atoms with Gasteiger partial charge in [0.25, 0.3) is 0 Å². The first kappa shape index (κ1) is 16.5. The number of nitrogens with one attached hydrogen (secondary N) is 1. The molecule has 5 rings (SSSR count). The van der Waals surface area contributed by atoms with Crippen LogP contribution in [-0.4, -0.2) is 35.1 Å². The summed E-state index contributed by atoms with van der Waals surface area (Å²) in [7, 11) is 0. The second-order valence-electron chi connectivity index (χ2n) is 7.30. The van der Waals surface area contributed by atoms with Crippen LogP contribution < -0.4 is 5.32 Å². The Labute approximate surface area is 147 Å². The van der Waals surface area contributed by atoms with E-state index >= 15 is 0 Å². The molecule has 1 aromatic heterocycles. The molecule has 2 bridgehead atoms. The van der Waals surface area contributed by atoms with E-state index in [0.717, 1.165) is 5.82 Å². The van der Waals surface area contributed by atoms with Gasteiger partial charge in [-0.05, 0) is 75.5 Å². The first-order valence-corrected chi connectivity index (χ1v) is 8.95. The Morgan fingerprint density at radius 2 is 1.88 bits per heavy atom. The maximum absolute atomic E-state index is 14.1. The maximum Gasteiger partial charge on any atom is 0.131 e. The van der Waals surface area contributed by atoms with Gasteiger partial charge in [0.15, 0.2) is 0 Å². The lowest BCUT2D eigenvalue weighted by Gasteiger charge is -2.50. The van der Waals surface area contributed by atoms with Crippen LogP contribution in [0.4, 0.5) is 14.6 Å². The highest BCUT2D eigenvalue weighted by molar-refractivity contribution is 5.65. The van der Waals surface area contributed by atoms with Crippen molar-refractivity contribution in [1.82, 2.24) is 9.88 Å². The smallest absolute Gasteiger partial charge is 0.131 e. The van der Waals surface area contributed by atoms with Crippen LogP contribution in [0.25, 0.3) is 11.1 Å². The van der Waals surface area contributed by atoms with Crippen molar-refractivity contribution >= 4 is 5.82 Å². The fourth-order valence-corrected chi connectivity index (χ4v) is 4.22. The zero-order valence-electron chi connectivity index (χ0n) is 14.6. The van der Waals surface area contributed by atoms with Gasteiger partial charge in [-0.25, -0.2) is 13.8 Å². The molecule has 0 aliphatic carbocycles. The molecule has 3 saturated heterocycles. The number of nitrogens with zero attached hydrogens (tertiary/aromatic N) is 2. The second kappa shape index (κ2) is 6.37. The monoisotopic (exact) mass is 343 g/mol. The molecule has 4 heterocycles. The summed E-state index contributed by atoms with van der Waals surface area (Å²) < 4.78 is 27.9. The fraction of sp³-hybridized carbons (Fsp3) is 0.450. The molecule has 3 fully saturated rings. The predicted octanol–water partition coefficient (Wildman–Crippen LogP) is 4.23. The summed E-state index contributed by atoms with van der Waals surface area (Å²) in [6.07, 6.45) is 4.07. The molecular formula is C20H23F2N3. The molecule has 2 aromatic rings. The van der Waals surface area contributed by atoms with Crippen molar-refractivity contribution in [3.63, 3.8) is 0 Å². The molecule has 0 unspecified atom stereocenters. The fourth-order valence-electron chi connectivity index (χ4n) is 4.22. The zero-order chi connectivity index (χ0) is 17.6. The Hall–Kier alpha value is -2.01. The minimum absolute atomic E-state index is 0.248. The third kappa shape index (κ3) is 3.01. The van der Waals surface area contributed by atoms with Crippen molar-refractivity contribution in [2.24, 2.45) is 5.92 Å². The molecular weight excluding hydrogens is 320 g/mol. The van der Waals surface area contributed by atoms with E-state index in [9.17, 15) is 8.78 Å². The van der Waals surface area contributed by atoms with Crippen LogP contribution >= 0.6 is 0 Å². The number of aryl methyl sites for hydroxylation is 1. The van der Waals surface area contributed by atoms with E-state index in [2.05, 4.69) is 22.1 Å². The Morgan fingerprint density at radius 1 is 1.12 bits per heavy atom. The molecule has 2 atom stereocenters. The molecule has 5 heteroatoms. The van der Waals surface area contributed by atoms with E-state index in [1.54, 1.807) is 19.2 Å². The SMILES string of the molecule is Cc1cc(F)c(-c2ccc(N[C@@H]3C4CCN(CC4)[C@@H]3C)nc2)cc1F. The summed E-state index contributed by atoms with van der Waals surface area (Å²) in [4.78, 5) is 6.97. The molecule has 3 nitrogen and oxygen atoms in total. The number of aromatic nitrogens is 1. The molecule has 1 aromatic carbocycles. The minimum atomic E-state index is -0.424. The number of fused-ring (bicyclic) bond motifs is 3. The quantitative estimate of drug-likeness (QED) is 0.904. The summed E-state index contributed by atoms with van der Waals surface area (Å²) in [6.45, 7) is 6.20. The predicted molar refractivity (Wildman–Crippen MR) is 95.5 cm³/mol. The number of piperidine rings is 3. The number of pyridine rings is 1. The first-order valence-electron chi connectivity index (χ1n) is 8.95. The van der Waals surface area contributed by atoms with Crippen molar-refractivity contribution in [1.29, 1.82) is 0 Å². The van der Waals surface area contributed by atoms with Gasteiger partial charge in [-0.15, -0.1) is 0 Å². The molecule has 132 valence electrons. The Morgan fingerprint density at radius 3 is 2.52 bits per heavy atom. The lowest BCUT2D eigenvalue weighted by molar-refractivity contribution is 0.0457. The van der Waals surface area contributed by atoms with Crippen molar-refractivity contribution in [3.8, 4) is 11.1 Å². The van der Waals surface area contributed by atoms with Gasteiger partial charge >= 0.3 is 0 Å². The number of rotatable bonds is 3. The molecule has 0 saturated carbocycles. The Balaban J connectivity index is 1.54. The number of benzene rings is 1. The van der Waals surface area contributed by atoms with Crippen molar-refractivity contribution in [2.75, 3.05) is 18.4 Å². The Bertz CT molecular complexity index is 765. The maximum atomic E-state index is 14.1. The van der Waals surface area contributed by atoms with Crippen molar-refractivity contribution < 1.29 is 8.78 Å². The van der Waals surface area contributed by atoms with Crippen molar-refractivity contribution in [3.05, 3.63) is 47.7 Å². The summed E-state index contributed by atoms with van der Waals surface area (Å²) in [5.41, 5.74) is 1.14. The number of hydrogen-bond donors (Lipinski definition) is 1. The van der Waals surface area contributed by atoms with Crippen LogP contribution in [0.15, 0.2) is 30.5 Å². The van der Waals surface area contributed by atoms with E-state index in [1.165, 1.54) is 38.1 Å². The lowest BCUT2D eigenvalue weighted by atomic mass is 9.79. The lowest BCUT2D eigenvalue weighted by Crippen LogP contribution is -2.59. The normalized spacial score (nSPS) is 28.2. The number of hydrogen-bond acceptors (Lipinski definition) is 3. The van der Waals surface area contributed by atoms with Crippen LogP contribution in [-0.2, 0) is 0 Å². The van der Waals surface area contributed by atoms with Gasteiger partial charge in [0, 0.05) is 29.4 Å². The van der Waals surface area contributed by atoms with E-state index < -0.39 is 11.6 Å². The van der Waals surface area contributed by atoms with Gasteiger partial charge in [-0.2, -0.15) is 0 Å². The van der Waals surface area contributed by atoms with E-state index in [0.29, 0.717) is 29.1 Å². The molecule has 3 aliphatic heterocycles. The van der Waals surface area contributed by atoms with Gasteiger partial charge in [-0.1, -0.05) is 0 Å². The Kier molecular flexibility index (Phi) is 4.20. The molecule has 0 radical (unpaired) electrons. The van der Waals surface area contributed by atoms with Gasteiger partial charge in [-0.3, -0.25) is 4.90 Å². The first-order chi connectivity index (χ1) is 12.0. The molecule has 25 heavy (non-hydrogen) atoms. The highest BCUT2D eigenvalue weighted by Gasteiger charge is 2.39. The summed E-state index contributed by atoms with van der Waals surface area (Å²) >= 11 is 0. The average Bonchev–Trinajstić information content (AvgIpc) is 2.62. The summed E-state index contributed by atoms with van der Waals surface area (Å²) in [5.74, 6) is 0.652. The van der Waals surface area contributed by atoms with Crippen molar-refractivity contribution in [2.45, 2.75) is 38.8 Å². The highest BCUT2D eigenvalue weighted by atomic mass is 19.1. The average molecular weight is 343 g/mol. The van der Waals surface area contributed by atoms with Crippen LogP contribution in [0.5, 0.6) is 0 Å². The van der Waals surface area contributed by atoms with Gasteiger partial charge < -0.3 is 5.32 Å². The van der Waals surface area contributed by atoms with Gasteiger partial charge in [0.2, 0.25) is 0 Å². The largest absolute Gasteiger partial charge is 0.365 e. The number of halogens is 2. The molecule has 3 aliphatic rings. The minimum Gasteiger partial charge on any atom is -0.365 e. The standard InChI is InChI=1S/C20H23F2N3/c1-12-9-18(22)16(10-17(12)21)15-3-4-19(23-11-15)24-20-13(2)25-7-5-14(20)6-8-25/h3-4,9-11,13-14,20H,5-8H2,1-2H3,(H,23,24)/t13-,20+/m1/s1. The third-order valence-electron chi connectivity index (χ3n) is 5.82. The van der Waals surface area contributed by atoms with E-state index in [-0.39, 0.29) is 5.56 Å². The zero-order valence-corrected chi connectivity index (χ0v) is 14.6. The summed E-state index contributed by atoms with van der Waals surface area (Å²) in [5, 5.41) is 3.56.